The maximum Gasteiger partial charge on any atom is 0.179 e. The molecule has 0 saturated heterocycles. The van der Waals surface area contributed by atoms with Crippen molar-refractivity contribution < 1.29 is 8.83 Å². The SMILES string of the molecule is c1ccc2c(c1)oc1c2cc(-c2c3ccccc3c(-c3ccc4c(c3)sc3ccccc34)c3ccccc23)c2c3ccccc3oc12. The third-order valence-electron chi connectivity index (χ3n) is 9.86. The number of furan rings is 2. The monoisotopic (exact) mass is 616 g/mol. The van der Waals surface area contributed by atoms with Crippen LogP contribution in [0.1, 0.15) is 0 Å². The average molecular weight is 617 g/mol. The van der Waals surface area contributed by atoms with Crippen LogP contribution in [-0.4, -0.2) is 0 Å². The fourth-order valence-electron chi connectivity index (χ4n) is 7.87. The number of para-hydroxylation sites is 2. The molecule has 3 heterocycles. The second-order valence-electron chi connectivity index (χ2n) is 12.4. The average Bonchev–Trinajstić information content (AvgIpc) is 3.81. The van der Waals surface area contributed by atoms with Crippen LogP contribution in [0.15, 0.2) is 154 Å². The molecule has 0 bridgehead atoms. The predicted octanol–water partition coefficient (Wildman–Crippen LogP) is 13.5. The highest BCUT2D eigenvalue weighted by Crippen LogP contribution is 2.50. The van der Waals surface area contributed by atoms with E-state index < -0.39 is 0 Å². The largest absolute Gasteiger partial charge is 0.452 e. The van der Waals surface area contributed by atoms with Gasteiger partial charge in [0.05, 0.1) is 0 Å². The normalized spacial score (nSPS) is 12.3. The van der Waals surface area contributed by atoms with E-state index in [4.69, 9.17) is 8.83 Å². The second-order valence-corrected chi connectivity index (χ2v) is 13.4. The summed E-state index contributed by atoms with van der Waals surface area (Å²) in [5.41, 5.74) is 8.18. The van der Waals surface area contributed by atoms with Gasteiger partial charge in [-0.1, -0.05) is 115 Å². The number of hydrogen-bond donors (Lipinski definition) is 0. The van der Waals surface area contributed by atoms with Crippen molar-refractivity contribution in [3.8, 4) is 22.3 Å². The maximum atomic E-state index is 6.65. The zero-order valence-corrected chi connectivity index (χ0v) is 25.9. The first-order valence-electron chi connectivity index (χ1n) is 15.9. The third-order valence-corrected chi connectivity index (χ3v) is 11.0. The van der Waals surface area contributed by atoms with Gasteiger partial charge >= 0.3 is 0 Å². The quantitative estimate of drug-likeness (QED) is 0.181. The van der Waals surface area contributed by atoms with Crippen LogP contribution < -0.4 is 0 Å². The van der Waals surface area contributed by atoms with Crippen molar-refractivity contribution >= 4 is 96.9 Å². The van der Waals surface area contributed by atoms with E-state index in [0.29, 0.717) is 0 Å². The summed E-state index contributed by atoms with van der Waals surface area (Å²) in [4.78, 5) is 0. The first-order valence-corrected chi connectivity index (χ1v) is 16.7. The molecule has 47 heavy (non-hydrogen) atoms. The summed E-state index contributed by atoms with van der Waals surface area (Å²) in [7, 11) is 0. The van der Waals surface area contributed by atoms with Crippen molar-refractivity contribution in [1.82, 2.24) is 0 Å². The van der Waals surface area contributed by atoms with Crippen molar-refractivity contribution in [3.63, 3.8) is 0 Å². The van der Waals surface area contributed by atoms with Crippen LogP contribution in [0.4, 0.5) is 0 Å². The minimum Gasteiger partial charge on any atom is -0.452 e. The Morgan fingerprint density at radius 1 is 0.362 bits per heavy atom. The highest BCUT2D eigenvalue weighted by molar-refractivity contribution is 7.25. The number of hydrogen-bond acceptors (Lipinski definition) is 3. The van der Waals surface area contributed by atoms with E-state index in [-0.39, 0.29) is 0 Å². The molecule has 3 aromatic heterocycles. The number of fused-ring (bicyclic) bond motifs is 12. The van der Waals surface area contributed by atoms with Crippen molar-refractivity contribution in [1.29, 1.82) is 0 Å². The zero-order chi connectivity index (χ0) is 30.6. The molecule has 0 aliphatic rings. The summed E-state index contributed by atoms with van der Waals surface area (Å²) < 4.78 is 15.8. The summed E-state index contributed by atoms with van der Waals surface area (Å²) >= 11 is 1.87. The van der Waals surface area contributed by atoms with Crippen LogP contribution in [0.2, 0.25) is 0 Å². The van der Waals surface area contributed by atoms with Crippen molar-refractivity contribution in [2.24, 2.45) is 0 Å². The zero-order valence-electron chi connectivity index (χ0n) is 25.1. The standard InChI is InChI=1S/C44H24O2S/c1-3-15-31-29(13-1)40(25-21-22-28-27-12-7-10-20-38(27)47-39(28)23-25)30-14-2-4-16-32(30)41(31)35-24-34-26-11-5-8-18-36(26)45-43(34)44-42(35)33-17-6-9-19-37(33)46-44/h1-24H. The fourth-order valence-corrected chi connectivity index (χ4v) is 9.02. The first kappa shape index (κ1) is 25.3. The Morgan fingerprint density at radius 2 is 0.894 bits per heavy atom. The minimum atomic E-state index is 0.794. The van der Waals surface area contributed by atoms with Crippen LogP contribution >= 0.6 is 11.3 Å². The summed E-state index contributed by atoms with van der Waals surface area (Å²) in [6, 6.07) is 52.5. The lowest BCUT2D eigenvalue weighted by Gasteiger charge is -2.18. The van der Waals surface area contributed by atoms with Crippen molar-refractivity contribution in [3.05, 3.63) is 146 Å². The smallest absolute Gasteiger partial charge is 0.179 e. The topological polar surface area (TPSA) is 26.3 Å². The summed E-state index contributed by atoms with van der Waals surface area (Å²) in [6.07, 6.45) is 0. The molecule has 0 spiro atoms. The Labute approximate surface area is 272 Å². The molecule has 0 N–H and O–H groups in total. The molecule has 0 atom stereocenters. The van der Waals surface area contributed by atoms with Gasteiger partial charge in [-0.25, -0.2) is 0 Å². The summed E-state index contributed by atoms with van der Waals surface area (Å²) in [5.74, 6) is 0. The molecule has 2 nitrogen and oxygen atoms in total. The van der Waals surface area contributed by atoms with Gasteiger partial charge in [-0.15, -0.1) is 11.3 Å². The van der Waals surface area contributed by atoms with Crippen molar-refractivity contribution in [2.75, 3.05) is 0 Å². The van der Waals surface area contributed by atoms with E-state index in [1.165, 1.54) is 58.4 Å². The van der Waals surface area contributed by atoms with Gasteiger partial charge in [0.15, 0.2) is 11.2 Å². The Bertz CT molecular complexity index is 3020. The van der Waals surface area contributed by atoms with Gasteiger partial charge in [0.2, 0.25) is 0 Å². The Kier molecular flexibility index (Phi) is 5.02. The van der Waals surface area contributed by atoms with E-state index in [9.17, 15) is 0 Å². The highest BCUT2D eigenvalue weighted by Gasteiger charge is 2.24. The second kappa shape index (κ2) is 9.32. The van der Waals surface area contributed by atoms with Gasteiger partial charge in [-0.2, -0.15) is 0 Å². The summed E-state index contributed by atoms with van der Waals surface area (Å²) in [6.45, 7) is 0. The molecule has 0 aliphatic heterocycles. The molecule has 0 amide bonds. The molecular weight excluding hydrogens is 593 g/mol. The van der Waals surface area contributed by atoms with Crippen LogP contribution in [0, 0.1) is 0 Å². The van der Waals surface area contributed by atoms with E-state index >= 15 is 0 Å². The predicted molar refractivity (Wildman–Crippen MR) is 200 cm³/mol. The van der Waals surface area contributed by atoms with Gasteiger partial charge in [0, 0.05) is 41.7 Å². The van der Waals surface area contributed by atoms with Gasteiger partial charge in [0.25, 0.3) is 0 Å². The molecule has 0 aliphatic carbocycles. The van der Waals surface area contributed by atoms with Crippen LogP contribution in [-0.2, 0) is 0 Å². The minimum absolute atomic E-state index is 0.794. The van der Waals surface area contributed by atoms with E-state index in [0.717, 1.165) is 49.4 Å². The first-order chi connectivity index (χ1) is 23.3. The molecule has 0 fully saturated rings. The summed E-state index contributed by atoms with van der Waals surface area (Å²) in [5, 5.41) is 11.9. The molecule has 0 saturated carbocycles. The van der Waals surface area contributed by atoms with E-state index in [1.807, 2.05) is 29.5 Å². The van der Waals surface area contributed by atoms with Crippen LogP contribution in [0.25, 0.3) is 108 Å². The van der Waals surface area contributed by atoms with Gasteiger partial charge in [0.1, 0.15) is 11.2 Å². The van der Waals surface area contributed by atoms with Gasteiger partial charge in [-0.3, -0.25) is 0 Å². The molecule has 11 aromatic rings. The fraction of sp³-hybridized carbons (Fsp3) is 0. The molecule has 218 valence electrons. The molecule has 0 radical (unpaired) electrons. The molecular formula is C44H24O2S. The third kappa shape index (κ3) is 3.44. The maximum absolute atomic E-state index is 6.65. The Hall–Kier alpha value is -5.90. The van der Waals surface area contributed by atoms with Crippen molar-refractivity contribution in [2.45, 2.75) is 0 Å². The van der Waals surface area contributed by atoms with Crippen LogP contribution in [0.3, 0.4) is 0 Å². The molecule has 3 heteroatoms. The number of benzene rings is 8. The lowest BCUT2D eigenvalue weighted by atomic mass is 9.84. The lowest BCUT2D eigenvalue weighted by molar-refractivity contribution is 0.633. The van der Waals surface area contributed by atoms with E-state index in [1.54, 1.807) is 0 Å². The highest BCUT2D eigenvalue weighted by atomic mass is 32.1. The van der Waals surface area contributed by atoms with Gasteiger partial charge in [-0.05, 0) is 74.1 Å². The molecule has 11 rings (SSSR count). The molecule has 0 unspecified atom stereocenters. The lowest BCUT2D eigenvalue weighted by Crippen LogP contribution is -1.91. The number of thiophene rings is 1. The Balaban J connectivity index is 1.31. The Morgan fingerprint density at radius 3 is 1.62 bits per heavy atom. The molecule has 8 aromatic carbocycles. The van der Waals surface area contributed by atoms with E-state index in [2.05, 4.69) is 127 Å². The van der Waals surface area contributed by atoms with Gasteiger partial charge < -0.3 is 8.83 Å². The number of rotatable bonds is 2. The van der Waals surface area contributed by atoms with Crippen LogP contribution in [0.5, 0.6) is 0 Å².